The van der Waals surface area contributed by atoms with Crippen molar-refractivity contribution in [1.29, 1.82) is 0 Å². The Morgan fingerprint density at radius 2 is 1.76 bits per heavy atom. The number of rotatable bonds is 3. The molecule has 0 aliphatic rings. The summed E-state index contributed by atoms with van der Waals surface area (Å²) in [5.41, 5.74) is 3.22. The van der Waals surface area contributed by atoms with Crippen molar-refractivity contribution in [2.24, 2.45) is 0 Å². The number of nitrogens with zero attached hydrogens (tertiary/aromatic N) is 2. The molecule has 0 fully saturated rings. The Morgan fingerprint density at radius 1 is 0.920 bits per heavy atom. The molecular weight excluding hydrogens is 322 g/mol. The number of pyridine rings is 2. The average molecular weight is 336 g/mol. The number of anilines is 1. The molecule has 0 unspecified atom stereocenters. The van der Waals surface area contributed by atoms with Crippen molar-refractivity contribution in [2.45, 2.75) is 0 Å². The fourth-order valence-electron chi connectivity index (χ4n) is 2.78. The SMILES string of the molecule is CNc1ccc(-c2ccc(-c3cc4cc(F)ncc4[nH]3)c(F)c2)cn1. The third kappa shape index (κ3) is 2.82. The smallest absolute Gasteiger partial charge is 0.213 e. The fraction of sp³-hybridized carbons (Fsp3) is 0.0526. The van der Waals surface area contributed by atoms with Crippen molar-refractivity contribution >= 4 is 16.7 Å². The molecule has 0 saturated heterocycles. The molecule has 6 heteroatoms. The Balaban J connectivity index is 1.73. The molecule has 0 aliphatic heterocycles. The first kappa shape index (κ1) is 15.3. The third-order valence-electron chi connectivity index (χ3n) is 4.08. The molecule has 4 nitrogen and oxygen atoms in total. The van der Waals surface area contributed by atoms with E-state index in [4.69, 9.17) is 0 Å². The van der Waals surface area contributed by atoms with E-state index in [9.17, 15) is 8.78 Å². The van der Waals surface area contributed by atoms with Crippen molar-refractivity contribution < 1.29 is 8.78 Å². The van der Waals surface area contributed by atoms with Gasteiger partial charge in [-0.15, -0.1) is 0 Å². The van der Waals surface area contributed by atoms with E-state index in [1.54, 1.807) is 25.4 Å². The molecule has 3 heterocycles. The Bertz CT molecular complexity index is 1050. The lowest BCUT2D eigenvalue weighted by Crippen LogP contribution is -1.92. The van der Waals surface area contributed by atoms with Crippen molar-refractivity contribution in [1.82, 2.24) is 15.0 Å². The first-order valence-electron chi connectivity index (χ1n) is 7.72. The Labute approximate surface area is 142 Å². The minimum atomic E-state index is -0.564. The Morgan fingerprint density at radius 3 is 2.48 bits per heavy atom. The summed E-state index contributed by atoms with van der Waals surface area (Å²) in [6.07, 6.45) is 3.09. The summed E-state index contributed by atoms with van der Waals surface area (Å²) in [5.74, 6) is -0.179. The van der Waals surface area contributed by atoms with Gasteiger partial charge in [-0.1, -0.05) is 6.07 Å². The van der Waals surface area contributed by atoms with Gasteiger partial charge in [0.1, 0.15) is 11.6 Å². The number of nitrogens with one attached hydrogen (secondary N) is 2. The molecule has 4 rings (SSSR count). The van der Waals surface area contributed by atoms with E-state index in [0.29, 0.717) is 22.2 Å². The average Bonchev–Trinajstić information content (AvgIpc) is 3.04. The highest BCUT2D eigenvalue weighted by molar-refractivity contribution is 5.85. The molecule has 0 spiro atoms. The van der Waals surface area contributed by atoms with Gasteiger partial charge in [0.15, 0.2) is 0 Å². The second kappa shape index (κ2) is 5.98. The van der Waals surface area contributed by atoms with Crippen LogP contribution in [0.25, 0.3) is 33.3 Å². The first-order valence-corrected chi connectivity index (χ1v) is 7.72. The minimum Gasteiger partial charge on any atom is -0.373 e. The molecule has 0 radical (unpaired) electrons. The van der Waals surface area contributed by atoms with Crippen LogP contribution < -0.4 is 5.32 Å². The molecule has 0 bridgehead atoms. The number of hydrogen-bond acceptors (Lipinski definition) is 3. The van der Waals surface area contributed by atoms with Crippen LogP contribution in [-0.4, -0.2) is 22.0 Å². The molecular formula is C19H14F2N4. The predicted octanol–water partition coefficient (Wildman–Crippen LogP) is 4.61. The van der Waals surface area contributed by atoms with Gasteiger partial charge in [-0.05, 0) is 35.9 Å². The van der Waals surface area contributed by atoms with Gasteiger partial charge in [0.05, 0.1) is 11.7 Å². The molecule has 0 saturated carbocycles. The maximum atomic E-state index is 14.6. The van der Waals surface area contributed by atoms with Crippen LogP contribution in [0.3, 0.4) is 0 Å². The molecule has 0 amide bonds. The van der Waals surface area contributed by atoms with Gasteiger partial charge in [0.25, 0.3) is 0 Å². The third-order valence-corrected chi connectivity index (χ3v) is 4.08. The van der Waals surface area contributed by atoms with E-state index in [1.807, 2.05) is 18.2 Å². The van der Waals surface area contributed by atoms with E-state index in [0.717, 1.165) is 16.9 Å². The maximum Gasteiger partial charge on any atom is 0.213 e. The van der Waals surface area contributed by atoms with Crippen LogP contribution in [0, 0.1) is 11.8 Å². The van der Waals surface area contributed by atoms with E-state index in [-0.39, 0.29) is 5.82 Å². The monoisotopic (exact) mass is 336 g/mol. The summed E-state index contributed by atoms with van der Waals surface area (Å²) >= 11 is 0. The number of hydrogen-bond donors (Lipinski definition) is 2. The van der Waals surface area contributed by atoms with Crippen molar-refractivity contribution in [3.8, 4) is 22.4 Å². The molecule has 0 atom stereocenters. The van der Waals surface area contributed by atoms with E-state index in [2.05, 4.69) is 20.3 Å². The molecule has 25 heavy (non-hydrogen) atoms. The zero-order valence-electron chi connectivity index (χ0n) is 13.3. The topological polar surface area (TPSA) is 53.6 Å². The van der Waals surface area contributed by atoms with E-state index < -0.39 is 5.95 Å². The largest absolute Gasteiger partial charge is 0.373 e. The highest BCUT2D eigenvalue weighted by atomic mass is 19.1. The standard InChI is InChI=1S/C19H14F2N4/c1-22-19-5-3-12(9-24-19)11-2-4-14(15(20)6-11)16-7-13-8-18(21)23-10-17(13)25-16/h2-10,25H,1H3,(H,22,24). The lowest BCUT2D eigenvalue weighted by atomic mass is 10.0. The van der Waals surface area contributed by atoms with Crippen molar-refractivity contribution in [3.05, 3.63) is 66.6 Å². The Hall–Kier alpha value is -3.28. The van der Waals surface area contributed by atoms with Crippen LogP contribution >= 0.6 is 0 Å². The number of aromatic nitrogens is 3. The lowest BCUT2D eigenvalue weighted by Gasteiger charge is -2.06. The van der Waals surface area contributed by atoms with Gasteiger partial charge in [-0.2, -0.15) is 4.39 Å². The van der Waals surface area contributed by atoms with E-state index in [1.165, 1.54) is 18.3 Å². The summed E-state index contributed by atoms with van der Waals surface area (Å²) in [6, 6.07) is 11.7. The van der Waals surface area contributed by atoms with Gasteiger partial charge < -0.3 is 10.3 Å². The molecule has 1 aromatic carbocycles. The quantitative estimate of drug-likeness (QED) is 0.537. The minimum absolute atomic E-state index is 0.366. The fourth-order valence-corrected chi connectivity index (χ4v) is 2.78. The summed E-state index contributed by atoms with van der Waals surface area (Å²) in [5, 5.41) is 3.59. The zero-order chi connectivity index (χ0) is 17.4. The number of H-pyrrole nitrogens is 1. The van der Waals surface area contributed by atoms with Crippen LogP contribution in [0.15, 0.2) is 54.9 Å². The summed E-state index contributed by atoms with van der Waals surface area (Å²) in [6.45, 7) is 0. The molecule has 0 aliphatic carbocycles. The van der Waals surface area contributed by atoms with Crippen molar-refractivity contribution in [2.75, 3.05) is 12.4 Å². The number of halogens is 2. The van der Waals surface area contributed by atoms with Crippen LogP contribution in [0.5, 0.6) is 0 Å². The highest BCUT2D eigenvalue weighted by Gasteiger charge is 2.11. The second-order valence-corrected chi connectivity index (χ2v) is 5.65. The molecule has 2 N–H and O–H groups in total. The lowest BCUT2D eigenvalue weighted by molar-refractivity contribution is 0.586. The van der Waals surface area contributed by atoms with Gasteiger partial charge in [0, 0.05) is 41.5 Å². The van der Waals surface area contributed by atoms with Crippen molar-refractivity contribution in [3.63, 3.8) is 0 Å². The predicted molar refractivity (Wildman–Crippen MR) is 94.2 cm³/mol. The summed E-state index contributed by atoms with van der Waals surface area (Å²) in [7, 11) is 1.79. The zero-order valence-corrected chi connectivity index (χ0v) is 13.3. The van der Waals surface area contributed by atoms with Crippen LogP contribution in [0.2, 0.25) is 0 Å². The number of fused-ring (bicyclic) bond motifs is 1. The first-order chi connectivity index (χ1) is 12.1. The molecule has 3 aromatic heterocycles. The van der Waals surface area contributed by atoms with E-state index >= 15 is 0 Å². The summed E-state index contributed by atoms with van der Waals surface area (Å²) in [4.78, 5) is 10.9. The van der Waals surface area contributed by atoms with Gasteiger partial charge >= 0.3 is 0 Å². The van der Waals surface area contributed by atoms with Crippen LogP contribution in [0.4, 0.5) is 14.6 Å². The maximum absolute atomic E-state index is 14.6. The second-order valence-electron chi connectivity index (χ2n) is 5.65. The molecule has 124 valence electrons. The number of aromatic amines is 1. The van der Waals surface area contributed by atoms with Gasteiger partial charge in [0.2, 0.25) is 5.95 Å². The summed E-state index contributed by atoms with van der Waals surface area (Å²) < 4.78 is 27.8. The van der Waals surface area contributed by atoms with Gasteiger partial charge in [-0.25, -0.2) is 14.4 Å². The number of benzene rings is 1. The van der Waals surface area contributed by atoms with Crippen LogP contribution in [0.1, 0.15) is 0 Å². The molecule has 4 aromatic rings. The highest BCUT2D eigenvalue weighted by Crippen LogP contribution is 2.29. The van der Waals surface area contributed by atoms with Crippen LogP contribution in [-0.2, 0) is 0 Å². The normalized spacial score (nSPS) is 11.0. The Kier molecular flexibility index (Phi) is 3.65. The van der Waals surface area contributed by atoms with Gasteiger partial charge in [-0.3, -0.25) is 0 Å².